The Morgan fingerprint density at radius 2 is 1.89 bits per heavy atom. The normalized spacial score (nSPS) is 18.4. The van der Waals surface area contributed by atoms with Crippen molar-refractivity contribution in [1.29, 1.82) is 0 Å². The quantitative estimate of drug-likeness (QED) is 0.884. The average molecular weight is 256 g/mol. The molecule has 2 nitrogen and oxygen atoms in total. The Bertz CT molecular complexity index is 555. The summed E-state index contributed by atoms with van der Waals surface area (Å²) < 4.78 is 5.78. The van der Waals surface area contributed by atoms with Gasteiger partial charge in [-0.25, -0.2) is 0 Å². The van der Waals surface area contributed by atoms with E-state index in [1.165, 1.54) is 18.2 Å². The highest BCUT2D eigenvalue weighted by molar-refractivity contribution is 5.86. The molecule has 0 bridgehead atoms. The van der Waals surface area contributed by atoms with Crippen LogP contribution < -0.4 is 0 Å². The minimum Gasteiger partial charge on any atom is -0.386 e. The summed E-state index contributed by atoms with van der Waals surface area (Å²) in [5.74, 6) is 0.522. The van der Waals surface area contributed by atoms with E-state index in [0.717, 1.165) is 10.9 Å². The van der Waals surface area contributed by atoms with Gasteiger partial charge < -0.3 is 9.84 Å². The van der Waals surface area contributed by atoms with Gasteiger partial charge in [0.25, 0.3) is 0 Å². The predicted molar refractivity (Wildman–Crippen MR) is 77.0 cm³/mol. The molecule has 0 aromatic heterocycles. The van der Waals surface area contributed by atoms with Crippen LogP contribution in [0.25, 0.3) is 10.8 Å². The summed E-state index contributed by atoms with van der Waals surface area (Å²) in [6.45, 7) is 2.65. The lowest BCUT2D eigenvalue weighted by molar-refractivity contribution is -0.0455. The molecule has 2 aromatic rings. The fourth-order valence-corrected chi connectivity index (χ4v) is 2.79. The highest BCUT2D eigenvalue weighted by atomic mass is 16.5. The van der Waals surface area contributed by atoms with Gasteiger partial charge in [0, 0.05) is 6.61 Å². The van der Waals surface area contributed by atoms with Gasteiger partial charge in [-0.1, -0.05) is 42.5 Å². The molecular weight excluding hydrogens is 236 g/mol. The van der Waals surface area contributed by atoms with Gasteiger partial charge in [-0.2, -0.15) is 0 Å². The zero-order valence-electron chi connectivity index (χ0n) is 11.3. The number of rotatable bonds is 5. The van der Waals surface area contributed by atoms with Crippen LogP contribution in [0.1, 0.15) is 31.4 Å². The van der Waals surface area contributed by atoms with Gasteiger partial charge >= 0.3 is 0 Å². The lowest BCUT2D eigenvalue weighted by Crippen LogP contribution is -2.24. The zero-order chi connectivity index (χ0) is 13.2. The van der Waals surface area contributed by atoms with Crippen molar-refractivity contribution in [2.24, 2.45) is 5.92 Å². The molecule has 3 rings (SSSR count). The van der Waals surface area contributed by atoms with Crippen LogP contribution in [-0.4, -0.2) is 17.8 Å². The third-order valence-corrected chi connectivity index (χ3v) is 3.90. The highest BCUT2D eigenvalue weighted by Crippen LogP contribution is 2.41. The Morgan fingerprint density at radius 3 is 2.63 bits per heavy atom. The second-order valence-corrected chi connectivity index (χ2v) is 5.27. The van der Waals surface area contributed by atoms with Gasteiger partial charge in [0.05, 0.1) is 6.10 Å². The molecule has 0 saturated heterocycles. The van der Waals surface area contributed by atoms with E-state index in [1.807, 2.05) is 31.2 Å². The molecule has 1 aliphatic rings. The molecule has 100 valence electrons. The van der Waals surface area contributed by atoms with Gasteiger partial charge in [0.1, 0.15) is 6.10 Å². The summed E-state index contributed by atoms with van der Waals surface area (Å²) in [6.07, 6.45) is 1.76. The van der Waals surface area contributed by atoms with Crippen LogP contribution in [0.15, 0.2) is 42.5 Å². The fraction of sp³-hybridized carbons (Fsp3) is 0.412. The SMILES string of the molecule is CCOC(C1CC1)C(O)c1cccc2ccccc12. The Balaban J connectivity index is 1.98. The van der Waals surface area contributed by atoms with E-state index in [-0.39, 0.29) is 6.10 Å². The van der Waals surface area contributed by atoms with E-state index in [9.17, 15) is 5.11 Å². The number of hydrogen-bond acceptors (Lipinski definition) is 2. The van der Waals surface area contributed by atoms with Crippen LogP contribution in [0.5, 0.6) is 0 Å². The Labute approximate surface area is 114 Å². The summed E-state index contributed by atoms with van der Waals surface area (Å²) in [4.78, 5) is 0. The summed E-state index contributed by atoms with van der Waals surface area (Å²) >= 11 is 0. The van der Waals surface area contributed by atoms with Crippen LogP contribution in [0.4, 0.5) is 0 Å². The summed E-state index contributed by atoms with van der Waals surface area (Å²) in [6, 6.07) is 14.3. The maximum Gasteiger partial charge on any atom is 0.106 e. The molecule has 2 heteroatoms. The first kappa shape index (κ1) is 12.6. The van der Waals surface area contributed by atoms with E-state index in [1.54, 1.807) is 0 Å². The third-order valence-electron chi connectivity index (χ3n) is 3.90. The first-order chi connectivity index (χ1) is 9.31. The number of aliphatic hydroxyl groups is 1. The first-order valence-corrected chi connectivity index (χ1v) is 7.08. The maximum atomic E-state index is 10.7. The van der Waals surface area contributed by atoms with Crippen LogP contribution in [0, 0.1) is 5.92 Å². The molecule has 0 spiro atoms. The lowest BCUT2D eigenvalue weighted by atomic mass is 9.95. The number of ether oxygens (including phenoxy) is 1. The van der Waals surface area contributed by atoms with Crippen LogP contribution in [-0.2, 0) is 4.74 Å². The molecule has 0 amide bonds. The van der Waals surface area contributed by atoms with Gasteiger partial charge in [-0.3, -0.25) is 0 Å². The molecule has 0 radical (unpaired) electrons. The van der Waals surface area contributed by atoms with E-state index < -0.39 is 6.10 Å². The van der Waals surface area contributed by atoms with Crippen molar-refractivity contribution in [3.63, 3.8) is 0 Å². The van der Waals surface area contributed by atoms with Crippen LogP contribution >= 0.6 is 0 Å². The summed E-state index contributed by atoms with van der Waals surface area (Å²) in [5.41, 5.74) is 0.989. The van der Waals surface area contributed by atoms with Crippen molar-refractivity contribution in [2.75, 3.05) is 6.61 Å². The molecular formula is C17H20O2. The average Bonchev–Trinajstić information content (AvgIpc) is 3.28. The molecule has 1 N–H and O–H groups in total. The number of fused-ring (bicyclic) bond motifs is 1. The van der Waals surface area contributed by atoms with Crippen molar-refractivity contribution in [3.05, 3.63) is 48.0 Å². The second kappa shape index (κ2) is 5.32. The maximum absolute atomic E-state index is 10.7. The molecule has 1 aliphatic carbocycles. The fourth-order valence-electron chi connectivity index (χ4n) is 2.79. The zero-order valence-corrected chi connectivity index (χ0v) is 11.3. The standard InChI is InChI=1S/C17H20O2/c1-2-19-17(13-10-11-13)16(18)15-9-5-7-12-6-3-4-8-14(12)15/h3-9,13,16-18H,2,10-11H2,1H3. The Hall–Kier alpha value is -1.38. The van der Waals surface area contributed by atoms with E-state index in [4.69, 9.17) is 4.74 Å². The van der Waals surface area contributed by atoms with E-state index >= 15 is 0 Å². The predicted octanol–water partition coefficient (Wildman–Crippen LogP) is 3.69. The van der Waals surface area contributed by atoms with Crippen molar-refractivity contribution in [2.45, 2.75) is 32.0 Å². The molecule has 2 unspecified atom stereocenters. The van der Waals surface area contributed by atoms with Gasteiger partial charge in [-0.05, 0) is 42.0 Å². The van der Waals surface area contributed by atoms with Gasteiger partial charge in [-0.15, -0.1) is 0 Å². The topological polar surface area (TPSA) is 29.5 Å². The van der Waals surface area contributed by atoms with Gasteiger partial charge in [0.15, 0.2) is 0 Å². The van der Waals surface area contributed by atoms with Crippen LogP contribution in [0.2, 0.25) is 0 Å². The minimum absolute atomic E-state index is 0.0594. The monoisotopic (exact) mass is 256 g/mol. The smallest absolute Gasteiger partial charge is 0.106 e. The molecule has 2 atom stereocenters. The van der Waals surface area contributed by atoms with E-state index in [0.29, 0.717) is 12.5 Å². The van der Waals surface area contributed by atoms with Crippen LogP contribution in [0.3, 0.4) is 0 Å². The number of aliphatic hydroxyl groups excluding tert-OH is 1. The van der Waals surface area contributed by atoms with Crippen molar-refractivity contribution >= 4 is 10.8 Å². The summed E-state index contributed by atoms with van der Waals surface area (Å²) in [5, 5.41) is 13.0. The molecule has 0 aliphatic heterocycles. The highest BCUT2D eigenvalue weighted by Gasteiger charge is 2.37. The van der Waals surface area contributed by atoms with Crippen molar-refractivity contribution in [1.82, 2.24) is 0 Å². The molecule has 19 heavy (non-hydrogen) atoms. The van der Waals surface area contributed by atoms with Gasteiger partial charge in [0.2, 0.25) is 0 Å². The molecule has 1 fully saturated rings. The summed E-state index contributed by atoms with van der Waals surface area (Å²) in [7, 11) is 0. The third kappa shape index (κ3) is 2.51. The van der Waals surface area contributed by atoms with Crippen molar-refractivity contribution in [3.8, 4) is 0 Å². The first-order valence-electron chi connectivity index (χ1n) is 7.08. The molecule has 2 aromatic carbocycles. The van der Waals surface area contributed by atoms with Crippen molar-refractivity contribution < 1.29 is 9.84 Å². The number of hydrogen-bond donors (Lipinski definition) is 1. The largest absolute Gasteiger partial charge is 0.386 e. The molecule has 1 saturated carbocycles. The van der Waals surface area contributed by atoms with E-state index in [2.05, 4.69) is 18.2 Å². The molecule has 0 heterocycles. The Morgan fingerprint density at radius 1 is 1.16 bits per heavy atom. The lowest BCUT2D eigenvalue weighted by Gasteiger charge is -2.24. The number of benzene rings is 2. The Kier molecular flexibility index (Phi) is 3.54. The minimum atomic E-state index is -0.529. The second-order valence-electron chi connectivity index (χ2n) is 5.27.